The molecule has 33 heavy (non-hydrogen) atoms. The molecule has 4 saturated carbocycles. The second-order valence-electron chi connectivity index (χ2n) is 9.46. The average Bonchev–Trinajstić information content (AvgIpc) is 2.65. The van der Waals surface area contributed by atoms with Crippen LogP contribution in [0.25, 0.3) is 0 Å². The normalized spacial score (nSPS) is 31.3. The molecule has 2 unspecified atom stereocenters. The van der Waals surface area contributed by atoms with E-state index in [-0.39, 0.29) is 23.8 Å². The number of rotatable bonds is 6. The zero-order valence-corrected chi connectivity index (χ0v) is 18.7. The Morgan fingerprint density at radius 2 is 1.79 bits per heavy atom. The molecular weight excluding hydrogens is 463 g/mol. The van der Waals surface area contributed by atoms with Gasteiger partial charge in [-0.2, -0.15) is 12.8 Å². The number of nitrogens with zero attached hydrogens (tertiary/aromatic N) is 1. The molecule has 7 nitrogen and oxygen atoms in total. The number of halogens is 3. The van der Waals surface area contributed by atoms with Gasteiger partial charge in [-0.15, -0.1) is 13.2 Å². The van der Waals surface area contributed by atoms with E-state index in [1.807, 2.05) is 0 Å². The first-order valence-corrected chi connectivity index (χ1v) is 11.9. The molecule has 180 valence electrons. The van der Waals surface area contributed by atoms with E-state index < -0.39 is 49.9 Å². The van der Waals surface area contributed by atoms with Gasteiger partial charge in [0.25, 0.3) is 10.0 Å². The monoisotopic (exact) mass is 486 g/mol. The van der Waals surface area contributed by atoms with E-state index in [9.17, 15) is 31.5 Å². The van der Waals surface area contributed by atoms with Gasteiger partial charge in [-0.1, -0.05) is 18.7 Å². The van der Waals surface area contributed by atoms with E-state index in [4.69, 9.17) is 4.74 Å². The van der Waals surface area contributed by atoms with Crippen molar-refractivity contribution in [3.05, 3.63) is 36.4 Å². The summed E-state index contributed by atoms with van der Waals surface area (Å²) in [5.41, 5.74) is -1.82. The molecule has 1 aromatic rings. The smallest absolute Gasteiger partial charge is 0.573 e. The summed E-state index contributed by atoms with van der Waals surface area (Å²) in [6.45, 7) is 5.11. The number of esters is 1. The van der Waals surface area contributed by atoms with Crippen LogP contribution in [-0.4, -0.2) is 32.2 Å². The zero-order valence-electron chi connectivity index (χ0n) is 17.9. The number of carbonyl (C=O) groups is 1. The van der Waals surface area contributed by atoms with Crippen LogP contribution < -0.4 is 9.84 Å². The van der Waals surface area contributed by atoms with Crippen molar-refractivity contribution in [3.8, 4) is 5.75 Å². The minimum Gasteiger partial charge on any atom is -0.861 e. The summed E-state index contributed by atoms with van der Waals surface area (Å²) in [7, 11) is -4.78. The van der Waals surface area contributed by atoms with E-state index in [0.717, 1.165) is 18.6 Å². The van der Waals surface area contributed by atoms with Gasteiger partial charge in [0, 0.05) is 11.0 Å². The third-order valence-corrected chi connectivity index (χ3v) is 7.97. The minimum absolute atomic E-state index is 0.0619. The van der Waals surface area contributed by atoms with E-state index in [1.165, 1.54) is 19.1 Å². The van der Waals surface area contributed by atoms with Gasteiger partial charge in [-0.25, -0.2) is 4.79 Å². The quantitative estimate of drug-likeness (QED) is 0.264. The minimum atomic E-state index is -5.12. The number of hydrogen-bond donors (Lipinski definition) is 0. The lowest BCUT2D eigenvalue weighted by molar-refractivity contribution is -0.275. The number of benzene rings is 1. The molecule has 0 spiro atoms. The number of para-hydroxylation sites is 1. The SMILES string of the molecule is C=C(C)C(=O)OC12CC3CC(C1)CC(/C([O-])=N\S(=O)(=O)c1ccccc1OC(F)(F)F)(C3)C2. The van der Waals surface area contributed by atoms with Crippen molar-refractivity contribution in [1.82, 2.24) is 0 Å². The van der Waals surface area contributed by atoms with Crippen LogP contribution in [0, 0.1) is 17.3 Å². The summed E-state index contributed by atoms with van der Waals surface area (Å²) >= 11 is 0. The number of carbonyl (C=O) groups excluding carboxylic acids is 1. The highest BCUT2D eigenvalue weighted by Crippen LogP contribution is 2.63. The van der Waals surface area contributed by atoms with E-state index in [0.29, 0.717) is 25.7 Å². The molecule has 4 bridgehead atoms. The van der Waals surface area contributed by atoms with Crippen LogP contribution in [0.1, 0.15) is 45.4 Å². The molecule has 1 aromatic carbocycles. The van der Waals surface area contributed by atoms with Gasteiger partial charge in [0.1, 0.15) is 16.2 Å². The maximum Gasteiger partial charge on any atom is 0.573 e. The standard InChI is InChI=1S/C22H24F3NO6S/c1-13(2)18(27)32-21-10-14-7-15(11-21)9-20(8-14,12-21)19(28)26-33(29,30)17-6-4-3-5-16(17)31-22(23,24)25/h3-6,14-15H,1,7-12H2,2H3,(H,26,28)/p-1. The summed E-state index contributed by atoms with van der Waals surface area (Å²) < 4.78 is 76.9. The molecule has 0 radical (unpaired) electrons. The third-order valence-electron chi connectivity index (χ3n) is 6.67. The predicted molar refractivity (Wildman–Crippen MR) is 108 cm³/mol. The van der Waals surface area contributed by atoms with Crippen molar-refractivity contribution < 1.29 is 41.0 Å². The maximum absolute atomic E-state index is 13.3. The Bertz CT molecular complexity index is 1110. The summed E-state index contributed by atoms with van der Waals surface area (Å²) in [4.78, 5) is 11.4. The highest BCUT2D eigenvalue weighted by molar-refractivity contribution is 7.90. The van der Waals surface area contributed by atoms with Gasteiger partial charge < -0.3 is 14.6 Å². The molecule has 4 aliphatic rings. The first kappa shape index (κ1) is 23.6. The van der Waals surface area contributed by atoms with Crippen molar-refractivity contribution in [1.29, 1.82) is 0 Å². The lowest BCUT2D eigenvalue weighted by atomic mass is 9.47. The van der Waals surface area contributed by atoms with Crippen LogP contribution in [-0.2, 0) is 19.6 Å². The van der Waals surface area contributed by atoms with Crippen LogP contribution in [0.3, 0.4) is 0 Å². The molecular formula is C22H23F3NO6S-. The Balaban J connectivity index is 1.68. The molecule has 0 aliphatic heterocycles. The Morgan fingerprint density at radius 3 is 2.36 bits per heavy atom. The number of hydrogen-bond acceptors (Lipinski definition) is 6. The van der Waals surface area contributed by atoms with E-state index >= 15 is 0 Å². The second-order valence-corrected chi connectivity index (χ2v) is 11.0. The van der Waals surface area contributed by atoms with Crippen LogP contribution in [0.15, 0.2) is 45.7 Å². The first-order valence-electron chi connectivity index (χ1n) is 10.5. The Hall–Kier alpha value is -2.56. The summed E-state index contributed by atoms with van der Waals surface area (Å²) in [6.07, 6.45) is -2.20. The number of alkyl halides is 3. The van der Waals surface area contributed by atoms with E-state index in [1.54, 1.807) is 0 Å². The highest BCUT2D eigenvalue weighted by Gasteiger charge is 2.60. The van der Waals surface area contributed by atoms with Crippen LogP contribution >= 0.6 is 0 Å². The Morgan fingerprint density at radius 1 is 1.18 bits per heavy atom. The molecule has 4 fully saturated rings. The molecule has 0 heterocycles. The summed E-state index contributed by atoms with van der Waals surface area (Å²) in [5.74, 6) is -2.32. The van der Waals surface area contributed by atoms with Crippen molar-refractivity contribution in [2.45, 2.75) is 62.3 Å². The molecule has 0 aromatic heterocycles. The largest absolute Gasteiger partial charge is 0.861 e. The van der Waals surface area contributed by atoms with Crippen molar-refractivity contribution in [2.24, 2.45) is 21.6 Å². The van der Waals surface area contributed by atoms with Crippen molar-refractivity contribution in [3.63, 3.8) is 0 Å². The van der Waals surface area contributed by atoms with Gasteiger partial charge in [-0.3, -0.25) is 0 Å². The molecule has 0 saturated heterocycles. The molecule has 5 rings (SSSR count). The van der Waals surface area contributed by atoms with Gasteiger partial charge in [0.2, 0.25) is 0 Å². The molecule has 0 N–H and O–H groups in total. The zero-order chi connectivity index (χ0) is 24.2. The van der Waals surface area contributed by atoms with Crippen LogP contribution in [0.5, 0.6) is 5.75 Å². The second kappa shape index (κ2) is 7.75. The fourth-order valence-electron chi connectivity index (χ4n) is 5.96. The summed E-state index contributed by atoms with van der Waals surface area (Å²) in [5, 5.41) is 13.3. The van der Waals surface area contributed by atoms with Crippen molar-refractivity contribution >= 4 is 21.9 Å². The average molecular weight is 486 g/mol. The number of ether oxygens (including phenoxy) is 2. The topological polar surface area (TPSA) is 105 Å². The Labute approximate surface area is 189 Å². The fourth-order valence-corrected chi connectivity index (χ4v) is 7.08. The number of sulfonamides is 1. The lowest BCUT2D eigenvalue weighted by Gasteiger charge is -2.62. The summed E-state index contributed by atoms with van der Waals surface area (Å²) in [6, 6.07) is 4.15. The van der Waals surface area contributed by atoms with Crippen LogP contribution in [0.2, 0.25) is 0 Å². The third kappa shape index (κ3) is 4.60. The predicted octanol–water partition coefficient (Wildman–Crippen LogP) is 3.49. The van der Waals surface area contributed by atoms with Crippen molar-refractivity contribution in [2.75, 3.05) is 0 Å². The lowest BCUT2D eigenvalue weighted by Crippen LogP contribution is -2.61. The molecule has 4 aliphatic carbocycles. The van der Waals surface area contributed by atoms with Gasteiger partial charge in [-0.05, 0) is 75.3 Å². The van der Waals surface area contributed by atoms with E-state index in [2.05, 4.69) is 15.7 Å². The van der Waals surface area contributed by atoms with Gasteiger partial charge in [0.05, 0.1) is 0 Å². The molecule has 11 heteroatoms. The molecule has 2 atom stereocenters. The first-order chi connectivity index (χ1) is 15.2. The molecule has 0 amide bonds. The van der Waals surface area contributed by atoms with Gasteiger partial charge in [0.15, 0.2) is 0 Å². The van der Waals surface area contributed by atoms with Gasteiger partial charge >= 0.3 is 12.3 Å². The Kier molecular flexibility index (Phi) is 5.54. The highest BCUT2D eigenvalue weighted by atomic mass is 32.2. The van der Waals surface area contributed by atoms with Crippen LogP contribution in [0.4, 0.5) is 13.2 Å². The maximum atomic E-state index is 13.3. The fraction of sp³-hybridized carbons (Fsp3) is 0.545.